The standard InChI is InChI=1S/C8H8BrNO4S/c1-15(13,14)7-3-2-6(5-9)8(4-7)10(11)12/h2-4H,5H2,1H3. The van der Waals surface area contributed by atoms with E-state index in [0.717, 1.165) is 12.3 Å². The lowest BCUT2D eigenvalue weighted by Crippen LogP contribution is -2.00. The van der Waals surface area contributed by atoms with Gasteiger partial charge in [-0.1, -0.05) is 22.0 Å². The first kappa shape index (κ1) is 12.1. The van der Waals surface area contributed by atoms with Gasteiger partial charge in [0.1, 0.15) is 0 Å². The molecule has 0 bridgehead atoms. The molecule has 0 heterocycles. The normalized spacial score (nSPS) is 11.3. The first-order valence-electron chi connectivity index (χ1n) is 3.89. The minimum Gasteiger partial charge on any atom is -0.258 e. The van der Waals surface area contributed by atoms with Crippen LogP contribution in [0, 0.1) is 10.1 Å². The van der Waals surface area contributed by atoms with Crippen LogP contribution in [0.1, 0.15) is 5.56 Å². The van der Waals surface area contributed by atoms with Gasteiger partial charge in [-0.3, -0.25) is 10.1 Å². The zero-order valence-corrected chi connectivity index (χ0v) is 10.2. The third-order valence-corrected chi connectivity index (χ3v) is 3.54. The lowest BCUT2D eigenvalue weighted by Gasteiger charge is -2.01. The number of alkyl halides is 1. The molecule has 0 aliphatic heterocycles. The summed E-state index contributed by atoms with van der Waals surface area (Å²) in [6.45, 7) is 0. The van der Waals surface area contributed by atoms with E-state index in [0.29, 0.717) is 10.9 Å². The third kappa shape index (κ3) is 2.75. The second-order valence-corrected chi connectivity index (χ2v) is 5.53. The fourth-order valence-electron chi connectivity index (χ4n) is 1.06. The van der Waals surface area contributed by atoms with Gasteiger partial charge in [0.2, 0.25) is 0 Å². The first-order chi connectivity index (χ1) is 6.86. The summed E-state index contributed by atoms with van der Waals surface area (Å²) in [6.07, 6.45) is 1.01. The number of nitrogens with zero attached hydrogens (tertiary/aromatic N) is 1. The van der Waals surface area contributed by atoms with Crippen LogP contribution < -0.4 is 0 Å². The van der Waals surface area contributed by atoms with E-state index in [1.165, 1.54) is 12.1 Å². The van der Waals surface area contributed by atoms with Gasteiger partial charge in [0.05, 0.1) is 9.82 Å². The summed E-state index contributed by atoms with van der Waals surface area (Å²) in [5, 5.41) is 11.0. The predicted molar refractivity (Wildman–Crippen MR) is 58.8 cm³/mol. The van der Waals surface area contributed by atoms with Crippen molar-refractivity contribution in [2.24, 2.45) is 0 Å². The summed E-state index contributed by atoms with van der Waals surface area (Å²) in [7, 11) is -3.40. The second-order valence-electron chi connectivity index (χ2n) is 2.95. The van der Waals surface area contributed by atoms with Crippen LogP contribution in [0.15, 0.2) is 23.1 Å². The van der Waals surface area contributed by atoms with Crippen LogP contribution in [0.4, 0.5) is 5.69 Å². The fraction of sp³-hybridized carbons (Fsp3) is 0.250. The lowest BCUT2D eigenvalue weighted by atomic mass is 10.2. The molecule has 1 aromatic rings. The third-order valence-electron chi connectivity index (χ3n) is 1.83. The molecular weight excluding hydrogens is 286 g/mol. The van der Waals surface area contributed by atoms with E-state index < -0.39 is 14.8 Å². The lowest BCUT2D eigenvalue weighted by molar-refractivity contribution is -0.385. The Labute approximate surface area is 95.3 Å². The molecule has 0 saturated carbocycles. The van der Waals surface area contributed by atoms with Crippen molar-refractivity contribution in [1.29, 1.82) is 0 Å². The largest absolute Gasteiger partial charge is 0.274 e. The Morgan fingerprint density at radius 2 is 2.07 bits per heavy atom. The van der Waals surface area contributed by atoms with Crippen molar-refractivity contribution in [2.45, 2.75) is 10.2 Å². The van der Waals surface area contributed by atoms with Crippen molar-refractivity contribution in [3.8, 4) is 0 Å². The summed E-state index contributed by atoms with van der Waals surface area (Å²) in [5.41, 5.74) is 0.266. The fourth-order valence-corrected chi connectivity index (χ4v) is 2.17. The zero-order valence-electron chi connectivity index (χ0n) is 7.81. The number of rotatable bonds is 3. The molecule has 0 radical (unpaired) electrons. The Hall–Kier alpha value is -0.950. The van der Waals surface area contributed by atoms with Gasteiger partial charge in [-0.25, -0.2) is 8.42 Å². The van der Waals surface area contributed by atoms with Gasteiger partial charge in [-0.05, 0) is 6.07 Å². The quantitative estimate of drug-likeness (QED) is 0.484. The molecule has 1 rings (SSSR count). The van der Waals surface area contributed by atoms with Crippen LogP contribution in [-0.4, -0.2) is 19.6 Å². The molecular formula is C8H8BrNO4S. The van der Waals surface area contributed by atoms with E-state index in [4.69, 9.17) is 0 Å². The molecule has 1 aromatic carbocycles. The smallest absolute Gasteiger partial charge is 0.258 e. The summed E-state index contributed by atoms with van der Waals surface area (Å²) >= 11 is 3.10. The van der Waals surface area contributed by atoms with Crippen LogP contribution >= 0.6 is 15.9 Å². The molecule has 5 nitrogen and oxygen atoms in total. The monoisotopic (exact) mass is 293 g/mol. The van der Waals surface area contributed by atoms with Gasteiger partial charge in [-0.2, -0.15) is 0 Å². The molecule has 0 spiro atoms. The number of hydrogen-bond acceptors (Lipinski definition) is 4. The molecule has 0 aliphatic carbocycles. The van der Waals surface area contributed by atoms with Gasteiger partial charge in [0.15, 0.2) is 9.84 Å². The molecule has 7 heteroatoms. The highest BCUT2D eigenvalue weighted by Gasteiger charge is 2.17. The second kappa shape index (κ2) is 4.28. The maximum Gasteiger partial charge on any atom is 0.274 e. The Morgan fingerprint density at radius 3 is 2.47 bits per heavy atom. The molecule has 0 N–H and O–H groups in total. The average Bonchev–Trinajstić information content (AvgIpc) is 2.15. The SMILES string of the molecule is CS(=O)(=O)c1ccc(CBr)c([N+](=O)[O-])c1. The van der Waals surface area contributed by atoms with Crippen LogP contribution in [0.2, 0.25) is 0 Å². The van der Waals surface area contributed by atoms with Gasteiger partial charge >= 0.3 is 0 Å². The van der Waals surface area contributed by atoms with Crippen molar-refractivity contribution in [1.82, 2.24) is 0 Å². The molecule has 0 atom stereocenters. The van der Waals surface area contributed by atoms with Gasteiger partial charge < -0.3 is 0 Å². The van der Waals surface area contributed by atoms with Crippen LogP contribution in [-0.2, 0) is 15.2 Å². The minimum atomic E-state index is -3.40. The highest BCUT2D eigenvalue weighted by molar-refractivity contribution is 9.08. The summed E-state index contributed by atoms with van der Waals surface area (Å²) < 4.78 is 22.3. The van der Waals surface area contributed by atoms with Crippen LogP contribution in [0.25, 0.3) is 0 Å². The molecule has 0 unspecified atom stereocenters. The Morgan fingerprint density at radius 1 is 1.47 bits per heavy atom. The maximum absolute atomic E-state index is 11.2. The highest BCUT2D eigenvalue weighted by Crippen LogP contribution is 2.24. The van der Waals surface area contributed by atoms with E-state index in [1.807, 2.05) is 0 Å². The zero-order chi connectivity index (χ0) is 11.6. The summed E-state index contributed by atoms with van der Waals surface area (Å²) in [4.78, 5) is 10.0. The number of nitro groups is 1. The Balaban J connectivity index is 3.42. The van der Waals surface area contributed by atoms with Crippen molar-refractivity contribution >= 4 is 31.5 Å². The summed E-state index contributed by atoms with van der Waals surface area (Å²) in [6, 6.07) is 3.87. The molecule has 0 saturated heterocycles. The predicted octanol–water partition coefficient (Wildman–Crippen LogP) is 1.89. The van der Waals surface area contributed by atoms with Gasteiger partial charge in [-0.15, -0.1) is 0 Å². The van der Waals surface area contributed by atoms with E-state index in [9.17, 15) is 18.5 Å². The molecule has 0 fully saturated rings. The van der Waals surface area contributed by atoms with Crippen molar-refractivity contribution in [3.63, 3.8) is 0 Å². The molecule has 15 heavy (non-hydrogen) atoms. The first-order valence-corrected chi connectivity index (χ1v) is 6.91. The number of halogens is 1. The molecule has 0 aromatic heterocycles. The number of benzene rings is 1. The van der Waals surface area contributed by atoms with Crippen molar-refractivity contribution < 1.29 is 13.3 Å². The van der Waals surface area contributed by atoms with Crippen LogP contribution in [0.3, 0.4) is 0 Å². The van der Waals surface area contributed by atoms with Crippen molar-refractivity contribution in [2.75, 3.05) is 6.26 Å². The van der Waals surface area contributed by atoms with E-state index >= 15 is 0 Å². The summed E-state index contributed by atoms with van der Waals surface area (Å²) in [5.74, 6) is 0. The van der Waals surface area contributed by atoms with E-state index in [1.54, 1.807) is 0 Å². The van der Waals surface area contributed by atoms with Crippen molar-refractivity contribution in [3.05, 3.63) is 33.9 Å². The highest BCUT2D eigenvalue weighted by atomic mass is 79.9. The van der Waals surface area contributed by atoms with Crippen LogP contribution in [0.5, 0.6) is 0 Å². The topological polar surface area (TPSA) is 77.3 Å². The minimum absolute atomic E-state index is 0.0427. The molecule has 0 amide bonds. The number of hydrogen-bond donors (Lipinski definition) is 0. The molecule has 0 aliphatic rings. The molecule has 82 valence electrons. The van der Waals surface area contributed by atoms with E-state index in [2.05, 4.69) is 15.9 Å². The number of sulfone groups is 1. The number of nitro benzene ring substituents is 1. The Bertz CT molecular complexity index is 497. The Kier molecular flexibility index (Phi) is 3.46. The van der Waals surface area contributed by atoms with E-state index in [-0.39, 0.29) is 10.6 Å². The van der Waals surface area contributed by atoms with Gasteiger partial charge in [0, 0.05) is 23.2 Å². The average molecular weight is 294 g/mol. The maximum atomic E-state index is 11.2. The van der Waals surface area contributed by atoms with Gasteiger partial charge in [0.25, 0.3) is 5.69 Å².